The van der Waals surface area contributed by atoms with E-state index in [0.29, 0.717) is 6.42 Å². The SMILES string of the molecule is C=C(C)CC(O)c1cc(C)nnc1C. The lowest BCUT2D eigenvalue weighted by molar-refractivity contribution is 0.177. The summed E-state index contributed by atoms with van der Waals surface area (Å²) in [6, 6.07) is 1.87. The fraction of sp³-hybridized carbons (Fsp3) is 0.455. The number of nitrogens with zero attached hydrogens (tertiary/aromatic N) is 2. The van der Waals surface area contributed by atoms with Crippen LogP contribution in [0, 0.1) is 13.8 Å². The van der Waals surface area contributed by atoms with Gasteiger partial charge in [0.2, 0.25) is 0 Å². The van der Waals surface area contributed by atoms with E-state index in [2.05, 4.69) is 16.8 Å². The van der Waals surface area contributed by atoms with Crippen molar-refractivity contribution in [2.24, 2.45) is 0 Å². The van der Waals surface area contributed by atoms with Crippen molar-refractivity contribution in [2.75, 3.05) is 0 Å². The van der Waals surface area contributed by atoms with Crippen molar-refractivity contribution in [3.05, 3.63) is 35.2 Å². The molecule has 1 rings (SSSR count). The van der Waals surface area contributed by atoms with Gasteiger partial charge in [0, 0.05) is 5.56 Å². The Morgan fingerprint density at radius 1 is 1.50 bits per heavy atom. The van der Waals surface area contributed by atoms with Crippen LogP contribution in [0.4, 0.5) is 0 Å². The number of hydrogen-bond donors (Lipinski definition) is 1. The minimum absolute atomic E-state index is 0.512. The van der Waals surface area contributed by atoms with Gasteiger partial charge in [0.1, 0.15) is 0 Å². The van der Waals surface area contributed by atoms with Crippen molar-refractivity contribution in [3.63, 3.8) is 0 Å². The van der Waals surface area contributed by atoms with Crippen LogP contribution in [-0.2, 0) is 0 Å². The first-order valence-corrected chi connectivity index (χ1v) is 4.64. The molecule has 0 aliphatic carbocycles. The predicted octanol–water partition coefficient (Wildman–Crippen LogP) is 2.09. The fourth-order valence-corrected chi connectivity index (χ4v) is 1.35. The summed E-state index contributed by atoms with van der Waals surface area (Å²) in [6.07, 6.45) is 0.0631. The molecule has 1 heterocycles. The highest BCUT2D eigenvalue weighted by atomic mass is 16.3. The van der Waals surface area contributed by atoms with Gasteiger partial charge in [-0.2, -0.15) is 10.2 Å². The van der Waals surface area contributed by atoms with Crippen LogP contribution in [0.3, 0.4) is 0 Å². The molecule has 0 radical (unpaired) electrons. The number of aliphatic hydroxyl groups excluding tert-OH is 1. The Morgan fingerprint density at radius 2 is 2.14 bits per heavy atom. The maximum Gasteiger partial charge on any atom is 0.0845 e. The van der Waals surface area contributed by atoms with Crippen molar-refractivity contribution in [3.8, 4) is 0 Å². The Balaban J connectivity index is 2.93. The number of aliphatic hydroxyl groups is 1. The van der Waals surface area contributed by atoms with Gasteiger partial charge in [0.05, 0.1) is 17.5 Å². The first kappa shape index (κ1) is 10.9. The van der Waals surface area contributed by atoms with E-state index in [1.165, 1.54) is 0 Å². The van der Waals surface area contributed by atoms with Crippen LogP contribution in [0.25, 0.3) is 0 Å². The van der Waals surface area contributed by atoms with Crippen molar-refractivity contribution >= 4 is 0 Å². The lowest BCUT2D eigenvalue weighted by atomic mass is 10.0. The second-order valence-electron chi connectivity index (χ2n) is 3.70. The van der Waals surface area contributed by atoms with Gasteiger partial charge in [-0.05, 0) is 33.3 Å². The average Bonchev–Trinajstić information content (AvgIpc) is 2.08. The molecule has 3 nitrogen and oxygen atoms in total. The van der Waals surface area contributed by atoms with E-state index in [-0.39, 0.29) is 0 Å². The molecule has 0 amide bonds. The van der Waals surface area contributed by atoms with Crippen LogP contribution >= 0.6 is 0 Å². The van der Waals surface area contributed by atoms with Crippen molar-refractivity contribution in [1.82, 2.24) is 10.2 Å². The molecule has 0 fully saturated rings. The van der Waals surface area contributed by atoms with Crippen LogP contribution in [0.5, 0.6) is 0 Å². The Labute approximate surface area is 84.5 Å². The van der Waals surface area contributed by atoms with Gasteiger partial charge in [-0.25, -0.2) is 0 Å². The lowest BCUT2D eigenvalue weighted by Gasteiger charge is -2.12. The standard InChI is InChI=1S/C11H16N2O/c1-7(2)5-11(14)10-6-8(3)12-13-9(10)4/h6,11,14H,1,5H2,2-4H3. The zero-order valence-electron chi connectivity index (χ0n) is 8.91. The molecule has 0 aromatic carbocycles. The van der Waals surface area contributed by atoms with Gasteiger partial charge >= 0.3 is 0 Å². The molecule has 0 bridgehead atoms. The molecule has 0 aliphatic heterocycles. The first-order chi connectivity index (χ1) is 6.50. The number of aromatic nitrogens is 2. The summed E-state index contributed by atoms with van der Waals surface area (Å²) >= 11 is 0. The van der Waals surface area contributed by atoms with Crippen molar-refractivity contribution in [2.45, 2.75) is 33.3 Å². The molecule has 1 N–H and O–H groups in total. The number of hydrogen-bond acceptors (Lipinski definition) is 3. The highest BCUT2D eigenvalue weighted by Crippen LogP contribution is 2.21. The molecular weight excluding hydrogens is 176 g/mol. The van der Waals surface area contributed by atoms with E-state index in [1.807, 2.05) is 26.8 Å². The fourth-order valence-electron chi connectivity index (χ4n) is 1.35. The predicted molar refractivity (Wildman–Crippen MR) is 55.9 cm³/mol. The molecule has 0 saturated heterocycles. The van der Waals surface area contributed by atoms with Crippen LogP contribution < -0.4 is 0 Å². The minimum atomic E-state index is -0.512. The van der Waals surface area contributed by atoms with Gasteiger partial charge in [-0.1, -0.05) is 5.57 Å². The molecule has 0 aliphatic rings. The molecular formula is C11H16N2O. The van der Waals surface area contributed by atoms with Crippen LogP contribution in [-0.4, -0.2) is 15.3 Å². The molecule has 14 heavy (non-hydrogen) atoms. The highest BCUT2D eigenvalue weighted by Gasteiger charge is 2.11. The summed E-state index contributed by atoms with van der Waals surface area (Å²) in [5, 5.41) is 17.8. The van der Waals surface area contributed by atoms with E-state index >= 15 is 0 Å². The van der Waals surface area contributed by atoms with Crippen molar-refractivity contribution < 1.29 is 5.11 Å². The van der Waals surface area contributed by atoms with Gasteiger partial charge in [0.15, 0.2) is 0 Å². The number of rotatable bonds is 3. The maximum atomic E-state index is 9.87. The summed E-state index contributed by atoms with van der Waals surface area (Å²) in [4.78, 5) is 0. The zero-order valence-corrected chi connectivity index (χ0v) is 8.91. The van der Waals surface area contributed by atoms with Crippen molar-refractivity contribution in [1.29, 1.82) is 0 Å². The lowest BCUT2D eigenvalue weighted by Crippen LogP contribution is -2.04. The van der Waals surface area contributed by atoms with Gasteiger partial charge in [-0.15, -0.1) is 6.58 Å². The summed E-state index contributed by atoms with van der Waals surface area (Å²) in [6.45, 7) is 9.39. The largest absolute Gasteiger partial charge is 0.388 e. The third kappa shape index (κ3) is 2.64. The monoisotopic (exact) mass is 192 g/mol. The minimum Gasteiger partial charge on any atom is -0.388 e. The van der Waals surface area contributed by atoms with Crippen LogP contribution in [0.15, 0.2) is 18.2 Å². The van der Waals surface area contributed by atoms with Gasteiger partial charge in [0.25, 0.3) is 0 Å². The smallest absolute Gasteiger partial charge is 0.0845 e. The topological polar surface area (TPSA) is 46.0 Å². The number of aryl methyl sites for hydroxylation is 2. The van der Waals surface area contributed by atoms with E-state index in [1.54, 1.807) is 0 Å². The summed E-state index contributed by atoms with van der Waals surface area (Å²) < 4.78 is 0. The van der Waals surface area contributed by atoms with Crippen LogP contribution in [0.2, 0.25) is 0 Å². The Morgan fingerprint density at radius 3 is 2.71 bits per heavy atom. The second kappa shape index (κ2) is 4.33. The average molecular weight is 192 g/mol. The Kier molecular flexibility index (Phi) is 3.36. The van der Waals surface area contributed by atoms with E-state index < -0.39 is 6.10 Å². The molecule has 1 atom stereocenters. The summed E-state index contributed by atoms with van der Waals surface area (Å²) in [5.74, 6) is 0. The quantitative estimate of drug-likeness (QED) is 0.746. The third-order valence-corrected chi connectivity index (χ3v) is 2.04. The van der Waals surface area contributed by atoms with Crippen LogP contribution in [0.1, 0.15) is 36.4 Å². The van der Waals surface area contributed by atoms with E-state index in [9.17, 15) is 5.11 Å². The molecule has 1 aromatic heterocycles. The first-order valence-electron chi connectivity index (χ1n) is 4.64. The zero-order chi connectivity index (χ0) is 10.7. The van der Waals surface area contributed by atoms with E-state index in [4.69, 9.17) is 0 Å². The molecule has 76 valence electrons. The molecule has 1 unspecified atom stereocenters. The summed E-state index contributed by atoms with van der Waals surface area (Å²) in [7, 11) is 0. The Bertz CT molecular complexity index is 347. The third-order valence-electron chi connectivity index (χ3n) is 2.04. The second-order valence-corrected chi connectivity index (χ2v) is 3.70. The normalized spacial score (nSPS) is 12.6. The molecule has 1 aromatic rings. The van der Waals surface area contributed by atoms with E-state index in [0.717, 1.165) is 22.5 Å². The maximum absolute atomic E-state index is 9.87. The summed E-state index contributed by atoms with van der Waals surface area (Å²) in [5.41, 5.74) is 3.42. The molecule has 3 heteroatoms. The molecule has 0 spiro atoms. The van der Waals surface area contributed by atoms with Gasteiger partial charge in [-0.3, -0.25) is 0 Å². The highest BCUT2D eigenvalue weighted by molar-refractivity contribution is 5.23. The molecule has 0 saturated carbocycles. The van der Waals surface area contributed by atoms with Gasteiger partial charge < -0.3 is 5.11 Å². The Hall–Kier alpha value is -1.22.